The van der Waals surface area contributed by atoms with Crippen LogP contribution >= 0.6 is 11.6 Å². The first kappa shape index (κ1) is 19.5. The number of benzene rings is 2. The molecular formula is C19H15ClF2N4O2. The fraction of sp³-hybridized carbons (Fsp3) is 0.105. The molecule has 0 unspecified atom stereocenters. The third-order valence-electron chi connectivity index (χ3n) is 4.01. The molecule has 0 bridgehead atoms. The molecule has 144 valence electrons. The Morgan fingerprint density at radius 1 is 1.11 bits per heavy atom. The number of hydrogen-bond donors (Lipinski definition) is 3. The molecule has 28 heavy (non-hydrogen) atoms. The number of aromatic amines is 1. The maximum Gasteiger partial charge on any atom is 0.272 e. The predicted octanol–water partition coefficient (Wildman–Crippen LogP) is 3.83. The maximum atomic E-state index is 13.3. The Morgan fingerprint density at radius 2 is 1.82 bits per heavy atom. The van der Waals surface area contributed by atoms with Gasteiger partial charge in [0.2, 0.25) is 0 Å². The molecule has 0 spiro atoms. The van der Waals surface area contributed by atoms with E-state index in [1.54, 1.807) is 0 Å². The maximum absolute atomic E-state index is 13.3. The van der Waals surface area contributed by atoms with E-state index >= 15 is 0 Å². The normalized spacial score (nSPS) is 10.6. The van der Waals surface area contributed by atoms with E-state index in [0.29, 0.717) is 18.7 Å². The molecule has 2 aromatic carbocycles. The van der Waals surface area contributed by atoms with Gasteiger partial charge in [-0.1, -0.05) is 35.9 Å². The lowest BCUT2D eigenvalue weighted by Gasteiger charge is -2.06. The molecular weight excluding hydrogens is 390 g/mol. The number of amides is 2. The van der Waals surface area contributed by atoms with E-state index in [1.807, 2.05) is 31.2 Å². The summed E-state index contributed by atoms with van der Waals surface area (Å²) in [5.41, 5.74) is 1.81. The number of carbonyl (C=O) groups is 2. The van der Waals surface area contributed by atoms with Crippen LogP contribution in [-0.2, 0) is 6.54 Å². The van der Waals surface area contributed by atoms with E-state index in [-0.39, 0.29) is 22.1 Å². The Bertz CT molecular complexity index is 1050. The van der Waals surface area contributed by atoms with Gasteiger partial charge in [-0.05, 0) is 30.2 Å². The summed E-state index contributed by atoms with van der Waals surface area (Å²) in [7, 11) is 0. The third-order valence-corrected chi connectivity index (χ3v) is 4.33. The average Bonchev–Trinajstić information content (AvgIpc) is 3.12. The lowest BCUT2D eigenvalue weighted by atomic mass is 10.1. The number of nitrogens with zero attached hydrogens (tertiary/aromatic N) is 1. The van der Waals surface area contributed by atoms with Crippen molar-refractivity contribution < 1.29 is 18.4 Å². The number of anilines is 1. The van der Waals surface area contributed by atoms with Crippen molar-refractivity contribution in [3.05, 3.63) is 81.5 Å². The molecule has 3 N–H and O–H groups in total. The Balaban J connectivity index is 1.65. The van der Waals surface area contributed by atoms with E-state index in [1.165, 1.54) is 6.07 Å². The lowest BCUT2D eigenvalue weighted by Crippen LogP contribution is -2.23. The van der Waals surface area contributed by atoms with Crippen molar-refractivity contribution in [2.24, 2.45) is 0 Å². The number of aromatic nitrogens is 2. The van der Waals surface area contributed by atoms with Gasteiger partial charge in [0.05, 0.1) is 10.6 Å². The smallest absolute Gasteiger partial charge is 0.272 e. The molecule has 0 aliphatic rings. The van der Waals surface area contributed by atoms with Crippen molar-refractivity contribution in [2.75, 3.05) is 5.32 Å². The monoisotopic (exact) mass is 404 g/mol. The minimum Gasteiger partial charge on any atom is -0.347 e. The van der Waals surface area contributed by atoms with Crippen molar-refractivity contribution in [1.29, 1.82) is 0 Å². The minimum absolute atomic E-state index is 0.0558. The van der Waals surface area contributed by atoms with Crippen LogP contribution in [0.25, 0.3) is 0 Å². The van der Waals surface area contributed by atoms with E-state index in [0.717, 1.165) is 11.1 Å². The fourth-order valence-corrected chi connectivity index (χ4v) is 2.70. The number of halogens is 3. The van der Waals surface area contributed by atoms with Crippen molar-refractivity contribution in [2.45, 2.75) is 13.5 Å². The van der Waals surface area contributed by atoms with Crippen LogP contribution in [0, 0.1) is 18.6 Å². The van der Waals surface area contributed by atoms with E-state index < -0.39 is 23.4 Å². The van der Waals surface area contributed by atoms with Crippen LogP contribution in [0.5, 0.6) is 0 Å². The molecule has 0 atom stereocenters. The molecule has 1 aromatic heterocycles. The van der Waals surface area contributed by atoms with E-state index in [2.05, 4.69) is 20.8 Å². The summed E-state index contributed by atoms with van der Waals surface area (Å²) in [5, 5.41) is 11.2. The molecule has 3 aromatic rings. The molecule has 0 saturated heterocycles. The third kappa shape index (κ3) is 4.34. The second-order valence-corrected chi connectivity index (χ2v) is 6.38. The Morgan fingerprint density at radius 3 is 2.57 bits per heavy atom. The van der Waals surface area contributed by atoms with Crippen LogP contribution in [0.4, 0.5) is 14.6 Å². The van der Waals surface area contributed by atoms with Gasteiger partial charge in [0, 0.05) is 12.6 Å². The summed E-state index contributed by atoms with van der Waals surface area (Å²) in [4.78, 5) is 24.4. The number of hydrogen-bond acceptors (Lipinski definition) is 3. The molecule has 6 nitrogen and oxygen atoms in total. The van der Waals surface area contributed by atoms with Gasteiger partial charge in [0.15, 0.2) is 17.3 Å². The Hall–Kier alpha value is -3.26. The highest BCUT2D eigenvalue weighted by Gasteiger charge is 2.17. The fourth-order valence-electron chi connectivity index (χ4n) is 2.46. The molecule has 3 rings (SSSR count). The zero-order chi connectivity index (χ0) is 20.3. The first-order valence-corrected chi connectivity index (χ1v) is 8.57. The van der Waals surface area contributed by atoms with Crippen LogP contribution in [0.1, 0.15) is 32.0 Å². The summed E-state index contributed by atoms with van der Waals surface area (Å²) in [6, 6.07) is 10.3. The SMILES string of the molecule is Cc1ccccc1CNC(=O)c1cc(NC(=O)c2cc(F)c(F)cc2Cl)[nH]n1. The molecule has 0 saturated carbocycles. The van der Waals surface area contributed by atoms with Gasteiger partial charge in [-0.25, -0.2) is 8.78 Å². The average molecular weight is 405 g/mol. The molecule has 0 radical (unpaired) electrons. The van der Waals surface area contributed by atoms with Crippen LogP contribution in [0.3, 0.4) is 0 Å². The first-order valence-electron chi connectivity index (χ1n) is 8.19. The van der Waals surface area contributed by atoms with Gasteiger partial charge in [0.25, 0.3) is 11.8 Å². The van der Waals surface area contributed by atoms with E-state index in [4.69, 9.17) is 11.6 Å². The van der Waals surface area contributed by atoms with Gasteiger partial charge in [-0.15, -0.1) is 0 Å². The van der Waals surface area contributed by atoms with Crippen molar-refractivity contribution in [3.8, 4) is 0 Å². The zero-order valence-electron chi connectivity index (χ0n) is 14.6. The number of aryl methyl sites for hydroxylation is 1. The molecule has 0 aliphatic carbocycles. The lowest BCUT2D eigenvalue weighted by molar-refractivity contribution is 0.0945. The topological polar surface area (TPSA) is 86.9 Å². The van der Waals surface area contributed by atoms with Gasteiger partial charge in [-0.2, -0.15) is 5.10 Å². The number of H-pyrrole nitrogens is 1. The van der Waals surface area contributed by atoms with Gasteiger partial charge < -0.3 is 10.6 Å². The Kier molecular flexibility index (Phi) is 5.70. The first-order chi connectivity index (χ1) is 13.3. The van der Waals surface area contributed by atoms with Gasteiger partial charge >= 0.3 is 0 Å². The van der Waals surface area contributed by atoms with Crippen LogP contribution in [0.2, 0.25) is 5.02 Å². The summed E-state index contributed by atoms with van der Waals surface area (Å²) >= 11 is 5.77. The van der Waals surface area contributed by atoms with Crippen LogP contribution in [0.15, 0.2) is 42.5 Å². The highest BCUT2D eigenvalue weighted by molar-refractivity contribution is 6.34. The molecule has 1 heterocycles. The summed E-state index contributed by atoms with van der Waals surface area (Å²) < 4.78 is 26.4. The molecule has 9 heteroatoms. The van der Waals surface area contributed by atoms with Crippen molar-refractivity contribution >= 4 is 29.2 Å². The van der Waals surface area contributed by atoms with Gasteiger partial charge in [-0.3, -0.25) is 14.7 Å². The second-order valence-electron chi connectivity index (χ2n) is 5.98. The Labute approximate surface area is 163 Å². The second kappa shape index (κ2) is 8.18. The summed E-state index contributed by atoms with van der Waals surface area (Å²) in [6.45, 7) is 2.26. The van der Waals surface area contributed by atoms with Crippen molar-refractivity contribution in [1.82, 2.24) is 15.5 Å². The summed E-state index contributed by atoms with van der Waals surface area (Å²) in [5.74, 6) is -3.47. The van der Waals surface area contributed by atoms with Crippen LogP contribution < -0.4 is 10.6 Å². The van der Waals surface area contributed by atoms with Gasteiger partial charge in [0.1, 0.15) is 5.82 Å². The predicted molar refractivity (Wildman–Crippen MR) is 100 cm³/mol. The number of rotatable bonds is 5. The molecule has 2 amide bonds. The minimum atomic E-state index is -1.20. The quantitative estimate of drug-likeness (QED) is 0.565. The zero-order valence-corrected chi connectivity index (χ0v) is 15.4. The number of nitrogens with one attached hydrogen (secondary N) is 3. The highest BCUT2D eigenvalue weighted by atomic mass is 35.5. The van der Waals surface area contributed by atoms with Crippen molar-refractivity contribution in [3.63, 3.8) is 0 Å². The molecule has 0 fully saturated rings. The number of carbonyl (C=O) groups excluding carboxylic acids is 2. The largest absolute Gasteiger partial charge is 0.347 e. The van der Waals surface area contributed by atoms with E-state index in [9.17, 15) is 18.4 Å². The summed E-state index contributed by atoms with van der Waals surface area (Å²) in [6.07, 6.45) is 0. The standard InChI is InChI=1S/C19H15ClF2N4O2/c1-10-4-2-3-5-11(10)9-23-19(28)16-8-17(26-25-16)24-18(27)12-6-14(21)15(22)7-13(12)20/h2-8H,9H2,1H3,(H,23,28)(H2,24,25,26,27). The van der Waals surface area contributed by atoms with Crippen LogP contribution in [-0.4, -0.2) is 22.0 Å². The highest BCUT2D eigenvalue weighted by Crippen LogP contribution is 2.21. The molecule has 0 aliphatic heterocycles.